The molecule has 1 fully saturated rings. The van der Waals surface area contributed by atoms with Gasteiger partial charge in [-0.2, -0.15) is 11.8 Å². The number of methoxy groups -OCH3 is 2. The van der Waals surface area contributed by atoms with Crippen molar-refractivity contribution in [3.63, 3.8) is 0 Å². The highest BCUT2D eigenvalue weighted by Crippen LogP contribution is 2.48. The van der Waals surface area contributed by atoms with Crippen LogP contribution in [0.1, 0.15) is 44.7 Å². The van der Waals surface area contributed by atoms with Crippen molar-refractivity contribution in [3.8, 4) is 11.5 Å². The number of thioether (sulfide) groups is 1. The molecule has 118 valence electrons. The lowest BCUT2D eigenvalue weighted by Gasteiger charge is -2.35. The molecule has 0 radical (unpaired) electrons. The minimum Gasteiger partial charge on any atom is -0.497 e. The summed E-state index contributed by atoms with van der Waals surface area (Å²) in [5, 5.41) is 3.74. The topological polar surface area (TPSA) is 30.5 Å². The van der Waals surface area contributed by atoms with Gasteiger partial charge >= 0.3 is 0 Å². The summed E-state index contributed by atoms with van der Waals surface area (Å²) in [5.41, 5.74) is 1.21. The van der Waals surface area contributed by atoms with Crippen LogP contribution in [0.25, 0.3) is 0 Å². The summed E-state index contributed by atoms with van der Waals surface area (Å²) >= 11 is 2.07. The summed E-state index contributed by atoms with van der Waals surface area (Å²) in [6, 6.07) is 6.38. The molecule has 2 rings (SSSR count). The van der Waals surface area contributed by atoms with Gasteiger partial charge in [0.1, 0.15) is 11.5 Å². The van der Waals surface area contributed by atoms with Crippen LogP contribution in [0.4, 0.5) is 0 Å². The van der Waals surface area contributed by atoms with Crippen LogP contribution in [0, 0.1) is 0 Å². The second-order valence-electron chi connectivity index (χ2n) is 5.76. The standard InChI is InChI=1S/C17H27NO2S/c1-5-10-18-16(17(2)9-6-11-21-17)14-12-13(19-3)7-8-15(14)20-4/h7-8,12,16,18H,5-6,9-11H2,1-4H3. The van der Waals surface area contributed by atoms with E-state index in [9.17, 15) is 0 Å². The lowest BCUT2D eigenvalue weighted by Crippen LogP contribution is -2.38. The fourth-order valence-corrected chi connectivity index (χ4v) is 4.46. The molecule has 2 atom stereocenters. The number of benzene rings is 1. The maximum atomic E-state index is 5.61. The zero-order chi connectivity index (χ0) is 15.3. The summed E-state index contributed by atoms with van der Waals surface area (Å²) in [6.07, 6.45) is 3.65. The highest BCUT2D eigenvalue weighted by molar-refractivity contribution is 8.00. The quantitative estimate of drug-likeness (QED) is 0.824. The molecule has 0 saturated carbocycles. The van der Waals surface area contributed by atoms with Crippen LogP contribution in [-0.2, 0) is 0 Å². The first-order valence-electron chi connectivity index (χ1n) is 7.74. The van der Waals surface area contributed by atoms with Crippen molar-refractivity contribution in [1.29, 1.82) is 0 Å². The van der Waals surface area contributed by atoms with Gasteiger partial charge in [-0.25, -0.2) is 0 Å². The normalized spacial score (nSPS) is 23.0. The first-order valence-corrected chi connectivity index (χ1v) is 8.72. The molecule has 1 aliphatic heterocycles. The van der Waals surface area contributed by atoms with E-state index in [1.165, 1.54) is 24.2 Å². The molecule has 4 heteroatoms. The molecule has 2 unspecified atom stereocenters. The van der Waals surface area contributed by atoms with Gasteiger partial charge in [0, 0.05) is 10.3 Å². The van der Waals surface area contributed by atoms with Gasteiger partial charge in [-0.1, -0.05) is 6.92 Å². The lowest BCUT2D eigenvalue weighted by molar-refractivity contribution is 0.366. The SMILES string of the molecule is CCCNC(c1cc(OC)ccc1OC)C1(C)CCCS1. The summed E-state index contributed by atoms with van der Waals surface area (Å²) in [7, 11) is 3.46. The third kappa shape index (κ3) is 3.67. The van der Waals surface area contributed by atoms with Crippen LogP contribution in [0.5, 0.6) is 11.5 Å². The van der Waals surface area contributed by atoms with E-state index >= 15 is 0 Å². The third-order valence-corrected chi connectivity index (χ3v) is 5.80. The molecule has 3 nitrogen and oxygen atoms in total. The van der Waals surface area contributed by atoms with Crippen molar-refractivity contribution in [2.45, 2.75) is 43.9 Å². The van der Waals surface area contributed by atoms with Crippen molar-refractivity contribution in [2.75, 3.05) is 26.5 Å². The van der Waals surface area contributed by atoms with Crippen LogP contribution in [-0.4, -0.2) is 31.3 Å². The number of hydrogen-bond donors (Lipinski definition) is 1. The monoisotopic (exact) mass is 309 g/mol. The summed E-state index contributed by atoms with van der Waals surface area (Å²) in [5.74, 6) is 3.08. The minimum absolute atomic E-state index is 0.217. The highest BCUT2D eigenvalue weighted by Gasteiger charge is 2.39. The van der Waals surface area contributed by atoms with Gasteiger partial charge in [0.15, 0.2) is 0 Å². The molecule has 1 N–H and O–H groups in total. The second kappa shape index (κ2) is 7.41. The Morgan fingerprint density at radius 3 is 2.71 bits per heavy atom. The summed E-state index contributed by atoms with van der Waals surface area (Å²) < 4.78 is 11.2. The number of hydrogen-bond acceptors (Lipinski definition) is 4. The zero-order valence-electron chi connectivity index (χ0n) is 13.6. The molecule has 1 heterocycles. The molecular formula is C17H27NO2S. The summed E-state index contributed by atoms with van der Waals surface area (Å²) in [6.45, 7) is 5.59. The van der Waals surface area contributed by atoms with Crippen molar-refractivity contribution in [1.82, 2.24) is 5.32 Å². The van der Waals surface area contributed by atoms with Gasteiger partial charge in [-0.3, -0.25) is 0 Å². The first kappa shape index (κ1) is 16.5. The Labute approximate surface area is 132 Å². The maximum Gasteiger partial charge on any atom is 0.123 e. The molecule has 1 aliphatic rings. The smallest absolute Gasteiger partial charge is 0.123 e. The Morgan fingerprint density at radius 1 is 1.33 bits per heavy atom. The van der Waals surface area contributed by atoms with E-state index in [-0.39, 0.29) is 10.8 Å². The average Bonchev–Trinajstić information content (AvgIpc) is 2.95. The van der Waals surface area contributed by atoms with Gasteiger partial charge in [0.2, 0.25) is 0 Å². The Morgan fingerprint density at radius 2 is 2.14 bits per heavy atom. The molecule has 1 aromatic carbocycles. The van der Waals surface area contributed by atoms with E-state index in [1.807, 2.05) is 12.1 Å². The average molecular weight is 309 g/mol. The van der Waals surface area contributed by atoms with Crippen LogP contribution >= 0.6 is 11.8 Å². The minimum atomic E-state index is 0.217. The number of rotatable bonds is 7. The maximum absolute atomic E-state index is 5.61. The van der Waals surface area contributed by atoms with Gasteiger partial charge in [0.05, 0.1) is 20.3 Å². The predicted molar refractivity (Wildman–Crippen MR) is 90.7 cm³/mol. The molecular weight excluding hydrogens is 282 g/mol. The molecule has 0 bridgehead atoms. The van der Waals surface area contributed by atoms with Gasteiger partial charge in [0.25, 0.3) is 0 Å². The van der Waals surface area contributed by atoms with Gasteiger partial charge in [-0.05, 0) is 56.7 Å². The number of ether oxygens (including phenoxy) is 2. The Hall–Kier alpha value is -0.870. The van der Waals surface area contributed by atoms with Crippen molar-refractivity contribution < 1.29 is 9.47 Å². The summed E-state index contributed by atoms with van der Waals surface area (Å²) in [4.78, 5) is 0. The first-order chi connectivity index (χ1) is 10.1. The molecule has 21 heavy (non-hydrogen) atoms. The lowest BCUT2D eigenvalue weighted by atomic mass is 9.89. The van der Waals surface area contributed by atoms with E-state index in [2.05, 4.69) is 37.0 Å². The van der Waals surface area contributed by atoms with Crippen LogP contribution in [0.15, 0.2) is 18.2 Å². The Kier molecular flexibility index (Phi) is 5.82. The van der Waals surface area contributed by atoms with E-state index in [0.717, 1.165) is 24.5 Å². The third-order valence-electron chi connectivity index (χ3n) is 4.21. The van der Waals surface area contributed by atoms with E-state index in [0.29, 0.717) is 0 Å². The highest BCUT2D eigenvalue weighted by atomic mass is 32.2. The largest absolute Gasteiger partial charge is 0.497 e. The Bertz CT molecular complexity index is 458. The fourth-order valence-electron chi connectivity index (χ4n) is 3.04. The zero-order valence-corrected chi connectivity index (χ0v) is 14.4. The molecule has 0 aliphatic carbocycles. The van der Waals surface area contributed by atoms with E-state index in [4.69, 9.17) is 9.47 Å². The van der Waals surface area contributed by atoms with Crippen LogP contribution < -0.4 is 14.8 Å². The second-order valence-corrected chi connectivity index (χ2v) is 7.39. The van der Waals surface area contributed by atoms with Crippen LogP contribution in [0.2, 0.25) is 0 Å². The van der Waals surface area contributed by atoms with Crippen molar-refractivity contribution >= 4 is 11.8 Å². The molecule has 1 aromatic rings. The van der Waals surface area contributed by atoms with E-state index in [1.54, 1.807) is 14.2 Å². The molecule has 1 saturated heterocycles. The van der Waals surface area contributed by atoms with Crippen molar-refractivity contribution in [3.05, 3.63) is 23.8 Å². The van der Waals surface area contributed by atoms with Crippen molar-refractivity contribution in [2.24, 2.45) is 0 Å². The van der Waals surface area contributed by atoms with E-state index < -0.39 is 0 Å². The molecule has 0 spiro atoms. The molecule has 0 amide bonds. The molecule has 0 aromatic heterocycles. The Balaban J connectivity index is 2.39. The van der Waals surface area contributed by atoms with Gasteiger partial charge < -0.3 is 14.8 Å². The number of nitrogens with one attached hydrogen (secondary N) is 1. The predicted octanol–water partition coefficient (Wildman–Crippen LogP) is 4.03. The van der Waals surface area contributed by atoms with Gasteiger partial charge in [-0.15, -0.1) is 0 Å². The fraction of sp³-hybridized carbons (Fsp3) is 0.647. The van der Waals surface area contributed by atoms with Crippen LogP contribution in [0.3, 0.4) is 0 Å².